The van der Waals surface area contributed by atoms with Crippen LogP contribution in [0.15, 0.2) is 66.7 Å². The van der Waals surface area contributed by atoms with Crippen LogP contribution in [0, 0.1) is 6.92 Å². The van der Waals surface area contributed by atoms with Crippen molar-refractivity contribution in [2.24, 2.45) is 0 Å². The number of benzene rings is 3. The summed E-state index contributed by atoms with van der Waals surface area (Å²) in [6.45, 7) is 7.88. The van der Waals surface area contributed by atoms with Crippen LogP contribution in [0.2, 0.25) is 0 Å². The molecule has 4 N–H and O–H groups in total. The van der Waals surface area contributed by atoms with Gasteiger partial charge in [-0.2, -0.15) is 0 Å². The highest BCUT2D eigenvalue weighted by molar-refractivity contribution is 6.37. The van der Waals surface area contributed by atoms with Crippen LogP contribution >= 0.6 is 0 Å². The fraction of sp³-hybridized carbons (Fsp3) is 0.281. The number of carboxylic acid groups (broad SMARTS) is 1. The van der Waals surface area contributed by atoms with Gasteiger partial charge in [-0.05, 0) is 61.4 Å². The monoisotopic (exact) mass is 569 g/mol. The second kappa shape index (κ2) is 12.6. The smallest absolute Gasteiger partial charge is 0.336 e. The van der Waals surface area contributed by atoms with Crippen LogP contribution in [0.1, 0.15) is 44.3 Å². The fourth-order valence-corrected chi connectivity index (χ4v) is 5.29. The molecule has 0 radical (unpaired) electrons. The van der Waals surface area contributed by atoms with Crippen LogP contribution in [0.3, 0.4) is 0 Å². The Hall–Kier alpha value is -4.51. The third kappa shape index (κ3) is 6.36. The topological polar surface area (TPSA) is 123 Å². The molecule has 0 aliphatic carbocycles. The lowest BCUT2D eigenvalue weighted by atomic mass is 9.96. The Balaban J connectivity index is 1.34. The number of piperazine rings is 1. The van der Waals surface area contributed by atoms with Gasteiger partial charge in [0.05, 0.1) is 29.1 Å². The molecule has 3 aromatic carbocycles. The van der Waals surface area contributed by atoms with E-state index in [-0.39, 0.29) is 17.4 Å². The zero-order valence-electron chi connectivity index (χ0n) is 23.9. The van der Waals surface area contributed by atoms with Crippen molar-refractivity contribution >= 4 is 40.4 Å². The number of aryl methyl sites for hydroxylation is 1. The lowest BCUT2D eigenvalue weighted by molar-refractivity contribution is -0.110. The molecule has 0 saturated carbocycles. The van der Waals surface area contributed by atoms with E-state index in [0.29, 0.717) is 52.0 Å². The Morgan fingerprint density at radius 1 is 1.10 bits per heavy atom. The van der Waals surface area contributed by atoms with Crippen molar-refractivity contribution in [3.8, 4) is 0 Å². The molecule has 3 aromatic rings. The molecule has 218 valence electrons. The van der Waals surface area contributed by atoms with Crippen molar-refractivity contribution in [3.63, 3.8) is 0 Å². The molecule has 1 atom stereocenters. The van der Waals surface area contributed by atoms with Gasteiger partial charge in [0.15, 0.2) is 0 Å². The number of hydrogen-bond donors (Lipinski definition) is 4. The number of carboxylic acids is 1. The van der Waals surface area contributed by atoms with Gasteiger partial charge in [-0.15, -0.1) is 0 Å². The Morgan fingerprint density at radius 2 is 1.83 bits per heavy atom. The molecular formula is C32H35N5O5. The van der Waals surface area contributed by atoms with Gasteiger partial charge in [-0.3, -0.25) is 19.3 Å². The highest BCUT2D eigenvalue weighted by Gasteiger charge is 2.30. The van der Waals surface area contributed by atoms with E-state index in [4.69, 9.17) is 4.84 Å². The first-order valence-corrected chi connectivity index (χ1v) is 13.9. The Labute approximate surface area is 244 Å². The number of hydroxylamine groups is 2. The van der Waals surface area contributed by atoms with Crippen LogP contribution < -0.4 is 16.0 Å². The molecule has 0 aromatic heterocycles. The highest BCUT2D eigenvalue weighted by atomic mass is 16.7. The van der Waals surface area contributed by atoms with Crippen LogP contribution in [0.5, 0.6) is 0 Å². The van der Waals surface area contributed by atoms with E-state index < -0.39 is 5.97 Å². The van der Waals surface area contributed by atoms with Gasteiger partial charge in [0, 0.05) is 56.1 Å². The van der Waals surface area contributed by atoms with Gasteiger partial charge in [0.1, 0.15) is 0 Å². The van der Waals surface area contributed by atoms with E-state index in [9.17, 15) is 19.5 Å². The lowest BCUT2D eigenvalue weighted by Crippen LogP contribution is -2.50. The predicted molar refractivity (Wildman–Crippen MR) is 162 cm³/mol. The minimum absolute atomic E-state index is 0.136. The van der Waals surface area contributed by atoms with Crippen molar-refractivity contribution in [1.82, 2.24) is 15.3 Å². The summed E-state index contributed by atoms with van der Waals surface area (Å²) < 4.78 is 0. The zero-order valence-corrected chi connectivity index (χ0v) is 23.9. The summed E-state index contributed by atoms with van der Waals surface area (Å²) in [7, 11) is 1.61. The number of nitrogens with zero attached hydrogens (tertiary/aromatic N) is 2. The largest absolute Gasteiger partial charge is 0.478 e. The highest BCUT2D eigenvalue weighted by Crippen LogP contribution is 2.39. The van der Waals surface area contributed by atoms with Crippen molar-refractivity contribution in [1.29, 1.82) is 0 Å². The van der Waals surface area contributed by atoms with Crippen LogP contribution in [-0.4, -0.2) is 78.7 Å². The molecule has 2 aliphatic rings. The van der Waals surface area contributed by atoms with Gasteiger partial charge in [-0.25, -0.2) is 9.86 Å². The number of hydrogen-bond acceptors (Lipinski definition) is 7. The van der Waals surface area contributed by atoms with E-state index in [1.165, 1.54) is 11.1 Å². The number of aromatic carboxylic acids is 1. The van der Waals surface area contributed by atoms with Crippen molar-refractivity contribution < 1.29 is 24.3 Å². The first-order valence-electron chi connectivity index (χ1n) is 13.9. The van der Waals surface area contributed by atoms with Crippen LogP contribution in [0.25, 0.3) is 11.3 Å². The zero-order chi connectivity index (χ0) is 29.8. The maximum atomic E-state index is 13.2. The Bertz CT molecular complexity index is 1520. The van der Waals surface area contributed by atoms with E-state index in [1.54, 1.807) is 44.3 Å². The van der Waals surface area contributed by atoms with Crippen molar-refractivity contribution in [3.05, 3.63) is 94.5 Å². The molecule has 1 fully saturated rings. The van der Waals surface area contributed by atoms with Gasteiger partial charge >= 0.3 is 5.97 Å². The number of rotatable bonds is 9. The summed E-state index contributed by atoms with van der Waals surface area (Å²) in [5, 5.41) is 20.4. The van der Waals surface area contributed by atoms with E-state index >= 15 is 0 Å². The first-order chi connectivity index (χ1) is 20.2. The molecule has 2 amide bonds. The third-order valence-corrected chi connectivity index (χ3v) is 7.48. The molecule has 2 heterocycles. The summed E-state index contributed by atoms with van der Waals surface area (Å²) in [5.74, 6) is -1.65. The molecule has 10 nitrogen and oxygen atoms in total. The van der Waals surface area contributed by atoms with E-state index in [0.717, 1.165) is 31.7 Å². The molecule has 0 bridgehead atoms. The third-order valence-electron chi connectivity index (χ3n) is 7.48. The van der Waals surface area contributed by atoms with Crippen molar-refractivity contribution in [2.75, 3.05) is 50.5 Å². The predicted octanol–water partition coefficient (Wildman–Crippen LogP) is 3.92. The van der Waals surface area contributed by atoms with Gasteiger partial charge in [0.25, 0.3) is 11.8 Å². The summed E-state index contributed by atoms with van der Waals surface area (Å²) in [6.07, 6.45) is 0. The second-order valence-corrected chi connectivity index (χ2v) is 10.6. The normalized spacial score (nSPS) is 17.8. The molecule has 42 heavy (non-hydrogen) atoms. The quantitative estimate of drug-likeness (QED) is 0.226. The second-order valence-electron chi connectivity index (χ2n) is 10.6. The maximum absolute atomic E-state index is 13.2. The average Bonchev–Trinajstić information content (AvgIpc) is 3.29. The summed E-state index contributed by atoms with van der Waals surface area (Å²) in [4.78, 5) is 45.9. The maximum Gasteiger partial charge on any atom is 0.336 e. The standard InChI is InChI=1S/C32H35N5O5/c1-20-17-26-27(18-25(20)32(40)41)35-30(38)28(26)29(22-7-5-4-6-8-22)34-24-11-9-23(10-12-24)31(39)36(3)42-16-15-37-14-13-33-21(2)19-37/h4-12,17-18,21,33-34H,13-16,19H2,1-3H3,(H,35,38)(H,40,41)/b29-28-/t21-/m1/s1. The molecular weight excluding hydrogens is 534 g/mol. The number of anilines is 2. The number of carbonyl (C=O) groups excluding carboxylic acids is 2. The number of nitrogens with one attached hydrogen (secondary N) is 3. The number of fused-ring (bicyclic) bond motifs is 1. The van der Waals surface area contributed by atoms with Crippen molar-refractivity contribution in [2.45, 2.75) is 19.9 Å². The van der Waals surface area contributed by atoms with Gasteiger partial charge in [-0.1, -0.05) is 30.3 Å². The van der Waals surface area contributed by atoms with Crippen LogP contribution in [-0.2, 0) is 9.63 Å². The minimum atomic E-state index is -1.05. The van der Waals surface area contributed by atoms with E-state index in [1.807, 2.05) is 30.3 Å². The lowest BCUT2D eigenvalue weighted by Gasteiger charge is -2.31. The molecule has 5 rings (SSSR count). The molecule has 0 unspecified atom stereocenters. The average molecular weight is 570 g/mol. The Morgan fingerprint density at radius 3 is 2.52 bits per heavy atom. The molecule has 2 aliphatic heterocycles. The first kappa shape index (κ1) is 29.0. The molecule has 0 spiro atoms. The van der Waals surface area contributed by atoms with E-state index in [2.05, 4.69) is 27.8 Å². The van der Waals surface area contributed by atoms with Crippen LogP contribution in [0.4, 0.5) is 11.4 Å². The number of amides is 2. The number of carbonyl (C=O) groups is 3. The SMILES string of the molecule is Cc1cc2c(cc1C(=O)O)NC(=O)/C2=C(\Nc1ccc(C(=O)N(C)OCCN2CCN[C@H](C)C2)cc1)c1ccccc1. The minimum Gasteiger partial charge on any atom is -0.478 e. The van der Waals surface area contributed by atoms with Gasteiger partial charge < -0.3 is 21.1 Å². The summed E-state index contributed by atoms with van der Waals surface area (Å²) >= 11 is 0. The molecule has 1 saturated heterocycles. The fourth-order valence-electron chi connectivity index (χ4n) is 5.29. The summed E-state index contributed by atoms with van der Waals surface area (Å²) in [6, 6.07) is 20.1. The molecule has 10 heteroatoms. The Kier molecular flexibility index (Phi) is 8.67. The van der Waals surface area contributed by atoms with Gasteiger partial charge in [0.2, 0.25) is 0 Å². The summed E-state index contributed by atoms with van der Waals surface area (Å²) in [5.41, 5.74) is 4.65.